The molecule has 0 aliphatic heterocycles. The zero-order valence-corrected chi connectivity index (χ0v) is 15.7. The maximum absolute atomic E-state index is 13.0. The lowest BCUT2D eigenvalue weighted by molar-refractivity contribution is 0.967. The molecule has 27 heavy (non-hydrogen) atoms. The molecule has 0 aliphatic carbocycles. The number of halogens is 1. The van der Waals surface area contributed by atoms with Gasteiger partial charge in [0, 0.05) is 16.0 Å². The molecule has 3 aromatic carbocycles. The summed E-state index contributed by atoms with van der Waals surface area (Å²) in [4.78, 5) is 17.6. The Kier molecular flexibility index (Phi) is 3.81. The molecule has 0 fully saturated rings. The van der Waals surface area contributed by atoms with Crippen LogP contribution in [-0.2, 0) is 0 Å². The Morgan fingerprint density at radius 1 is 0.926 bits per heavy atom. The predicted octanol–water partition coefficient (Wildman–Crippen LogP) is 5.92. The zero-order valence-electron chi connectivity index (χ0n) is 14.1. The van der Waals surface area contributed by atoms with Crippen LogP contribution in [0, 0.1) is 0 Å². The maximum Gasteiger partial charge on any atom is 0.275 e. The molecule has 5 heteroatoms. The second kappa shape index (κ2) is 6.34. The van der Waals surface area contributed by atoms with Gasteiger partial charge >= 0.3 is 0 Å². The lowest BCUT2D eigenvalue weighted by Gasteiger charge is -2.06. The van der Waals surface area contributed by atoms with Crippen LogP contribution in [0.5, 0.6) is 0 Å². The number of rotatable bonds is 2. The van der Waals surface area contributed by atoms with Crippen LogP contribution < -0.4 is 5.56 Å². The summed E-state index contributed by atoms with van der Waals surface area (Å²) < 4.78 is 2.20. The third-order valence-electron chi connectivity index (χ3n) is 4.65. The van der Waals surface area contributed by atoms with E-state index in [-0.39, 0.29) is 5.56 Å². The topological polar surface area (TPSA) is 34.9 Å². The van der Waals surface area contributed by atoms with Gasteiger partial charge in [0.25, 0.3) is 5.56 Å². The normalized spacial score (nSPS) is 11.3. The lowest BCUT2D eigenvalue weighted by atomic mass is 10.0. The van der Waals surface area contributed by atoms with Crippen molar-refractivity contribution in [3.63, 3.8) is 0 Å². The van der Waals surface area contributed by atoms with Crippen LogP contribution in [0.4, 0.5) is 0 Å². The number of hydrogen-bond donors (Lipinski definition) is 0. The van der Waals surface area contributed by atoms with Crippen LogP contribution in [0.3, 0.4) is 0 Å². The van der Waals surface area contributed by atoms with Gasteiger partial charge in [-0.2, -0.15) is 0 Å². The number of nitrogens with zero attached hydrogens (tertiary/aromatic N) is 2. The van der Waals surface area contributed by atoms with Crippen LogP contribution in [0.15, 0.2) is 83.2 Å². The summed E-state index contributed by atoms with van der Waals surface area (Å²) in [5.41, 5.74) is 3.47. The lowest BCUT2D eigenvalue weighted by Crippen LogP contribution is -2.17. The van der Waals surface area contributed by atoms with Crippen molar-refractivity contribution in [1.29, 1.82) is 0 Å². The van der Waals surface area contributed by atoms with Crippen LogP contribution in [0.1, 0.15) is 0 Å². The van der Waals surface area contributed by atoms with E-state index in [4.69, 9.17) is 11.6 Å². The van der Waals surface area contributed by atoms with Crippen molar-refractivity contribution in [2.75, 3.05) is 0 Å². The van der Waals surface area contributed by atoms with Crippen molar-refractivity contribution in [3.8, 4) is 16.8 Å². The van der Waals surface area contributed by atoms with Crippen molar-refractivity contribution in [1.82, 2.24) is 9.55 Å². The first-order valence-electron chi connectivity index (χ1n) is 8.45. The van der Waals surface area contributed by atoms with Gasteiger partial charge in [0.15, 0.2) is 0 Å². The van der Waals surface area contributed by atoms with Crippen LogP contribution in [0.25, 0.3) is 37.8 Å². The summed E-state index contributed by atoms with van der Waals surface area (Å²) in [5.74, 6) is 0. The van der Waals surface area contributed by atoms with Gasteiger partial charge in [0.2, 0.25) is 0 Å². The Morgan fingerprint density at radius 3 is 2.52 bits per heavy atom. The molecule has 3 nitrogen and oxygen atoms in total. The van der Waals surface area contributed by atoms with E-state index < -0.39 is 0 Å². The van der Waals surface area contributed by atoms with Crippen molar-refractivity contribution >= 4 is 43.9 Å². The molecular weight excluding hydrogens is 376 g/mol. The molecule has 130 valence electrons. The van der Waals surface area contributed by atoms with Crippen LogP contribution in [0.2, 0.25) is 5.02 Å². The molecule has 0 spiro atoms. The predicted molar refractivity (Wildman–Crippen MR) is 113 cm³/mol. The molecule has 0 radical (unpaired) electrons. The molecule has 0 N–H and O–H groups in total. The highest BCUT2D eigenvalue weighted by molar-refractivity contribution is 7.17. The number of hydrogen-bond acceptors (Lipinski definition) is 3. The molecule has 0 saturated carbocycles. The number of fused-ring (bicyclic) bond motifs is 2. The van der Waals surface area contributed by atoms with E-state index in [0.717, 1.165) is 22.3 Å². The molecule has 2 heterocycles. The van der Waals surface area contributed by atoms with Crippen LogP contribution >= 0.6 is 22.9 Å². The smallest absolute Gasteiger partial charge is 0.267 e. The molecule has 0 unspecified atom stereocenters. The minimum absolute atomic E-state index is 0.0700. The Labute approximate surface area is 164 Å². The highest BCUT2D eigenvalue weighted by Crippen LogP contribution is 2.32. The summed E-state index contributed by atoms with van der Waals surface area (Å²) in [7, 11) is 0. The molecule has 5 rings (SSSR count). The van der Waals surface area contributed by atoms with Gasteiger partial charge in [-0.15, -0.1) is 11.3 Å². The highest BCUT2D eigenvalue weighted by atomic mass is 35.5. The fourth-order valence-electron chi connectivity index (χ4n) is 3.26. The second-order valence-corrected chi connectivity index (χ2v) is 7.60. The van der Waals surface area contributed by atoms with E-state index in [1.807, 2.05) is 29.6 Å². The molecule has 0 saturated heterocycles. The number of aromatic nitrogens is 2. The third kappa shape index (κ3) is 2.74. The molecule has 2 aromatic heterocycles. The van der Waals surface area contributed by atoms with Gasteiger partial charge in [-0.3, -0.25) is 9.36 Å². The molecule has 0 amide bonds. The minimum atomic E-state index is -0.0700. The molecular formula is C22H13ClN2OS. The fourth-order valence-corrected chi connectivity index (χ4v) is 4.34. The van der Waals surface area contributed by atoms with Crippen molar-refractivity contribution in [2.24, 2.45) is 0 Å². The van der Waals surface area contributed by atoms with E-state index in [1.165, 1.54) is 22.1 Å². The van der Waals surface area contributed by atoms with Gasteiger partial charge in [0.1, 0.15) is 11.0 Å². The van der Waals surface area contributed by atoms with Gasteiger partial charge in [-0.05, 0) is 46.7 Å². The Bertz CT molecular complexity index is 1350. The van der Waals surface area contributed by atoms with Gasteiger partial charge in [-0.25, -0.2) is 4.98 Å². The minimum Gasteiger partial charge on any atom is -0.267 e. The SMILES string of the molecule is O=c1c2scc(-c3ccc4ccccc4c3)c2ncn1-c1ccc(Cl)cc1. The Balaban J connectivity index is 1.67. The molecule has 0 bridgehead atoms. The summed E-state index contributed by atoms with van der Waals surface area (Å²) in [6.07, 6.45) is 1.59. The van der Waals surface area contributed by atoms with Gasteiger partial charge in [-0.1, -0.05) is 48.0 Å². The number of benzene rings is 3. The summed E-state index contributed by atoms with van der Waals surface area (Å²) in [6.45, 7) is 0. The monoisotopic (exact) mass is 388 g/mol. The third-order valence-corrected chi connectivity index (χ3v) is 5.85. The fraction of sp³-hybridized carbons (Fsp3) is 0. The Morgan fingerprint density at radius 2 is 1.70 bits per heavy atom. The highest BCUT2D eigenvalue weighted by Gasteiger charge is 2.13. The van der Waals surface area contributed by atoms with E-state index in [9.17, 15) is 4.79 Å². The molecule has 0 atom stereocenters. The van der Waals surface area contributed by atoms with Crippen molar-refractivity contribution in [3.05, 3.63) is 93.8 Å². The standard InChI is InChI=1S/C22H13ClN2OS/c23-17-7-9-18(10-8-17)25-13-24-20-19(12-27-21(20)22(25)26)16-6-5-14-3-1-2-4-15(14)11-16/h1-13H. The second-order valence-electron chi connectivity index (χ2n) is 6.29. The van der Waals surface area contributed by atoms with E-state index in [0.29, 0.717) is 9.72 Å². The average molecular weight is 389 g/mol. The molecule has 0 aliphatic rings. The molecule has 5 aromatic rings. The summed E-state index contributed by atoms with van der Waals surface area (Å²) in [6, 6.07) is 21.7. The maximum atomic E-state index is 13.0. The van der Waals surface area contributed by atoms with Gasteiger partial charge < -0.3 is 0 Å². The van der Waals surface area contributed by atoms with Crippen LogP contribution in [-0.4, -0.2) is 9.55 Å². The first-order valence-corrected chi connectivity index (χ1v) is 9.70. The van der Waals surface area contributed by atoms with Crippen molar-refractivity contribution < 1.29 is 0 Å². The van der Waals surface area contributed by atoms with E-state index >= 15 is 0 Å². The van der Waals surface area contributed by atoms with Gasteiger partial charge in [0.05, 0.1) is 11.2 Å². The largest absolute Gasteiger partial charge is 0.275 e. The first-order chi connectivity index (χ1) is 13.2. The Hall–Kier alpha value is -2.95. The average Bonchev–Trinajstić information content (AvgIpc) is 3.14. The number of thiophene rings is 1. The van der Waals surface area contributed by atoms with Crippen molar-refractivity contribution in [2.45, 2.75) is 0 Å². The summed E-state index contributed by atoms with van der Waals surface area (Å²) >= 11 is 7.38. The van der Waals surface area contributed by atoms with E-state index in [1.54, 1.807) is 23.0 Å². The summed E-state index contributed by atoms with van der Waals surface area (Å²) in [5, 5.41) is 5.01. The quantitative estimate of drug-likeness (QED) is 0.376. The zero-order chi connectivity index (χ0) is 18.4. The first kappa shape index (κ1) is 16.2. The van der Waals surface area contributed by atoms with E-state index in [2.05, 4.69) is 35.3 Å².